The molecule has 2 unspecified atom stereocenters. The number of hydrogen-bond donors (Lipinski definition) is 0. The van der Waals surface area contributed by atoms with Crippen molar-refractivity contribution < 1.29 is 0 Å². The molecule has 0 spiro atoms. The summed E-state index contributed by atoms with van der Waals surface area (Å²) in [6.07, 6.45) is 3.92. The summed E-state index contributed by atoms with van der Waals surface area (Å²) in [5.74, 6) is 0.528. The van der Waals surface area contributed by atoms with Gasteiger partial charge in [-0.05, 0) is 32.7 Å². The van der Waals surface area contributed by atoms with E-state index in [1.807, 2.05) is 0 Å². The lowest BCUT2D eigenvalue weighted by molar-refractivity contribution is 0.188. The van der Waals surface area contributed by atoms with E-state index in [1.54, 1.807) is 11.3 Å². The van der Waals surface area contributed by atoms with E-state index in [2.05, 4.69) is 29.1 Å². The molecule has 90 valence electrons. The van der Waals surface area contributed by atoms with Gasteiger partial charge in [0.2, 0.25) is 0 Å². The zero-order valence-electron chi connectivity index (χ0n) is 9.95. The van der Waals surface area contributed by atoms with Crippen molar-refractivity contribution in [2.75, 3.05) is 6.54 Å². The number of nitrogens with zero attached hydrogens (tertiary/aromatic N) is 2. The summed E-state index contributed by atoms with van der Waals surface area (Å²) in [7, 11) is 0. The summed E-state index contributed by atoms with van der Waals surface area (Å²) in [4.78, 5) is 7.18. The highest BCUT2D eigenvalue weighted by molar-refractivity contribution is 7.09. The fourth-order valence-electron chi connectivity index (χ4n) is 2.52. The third kappa shape index (κ3) is 2.41. The third-order valence-corrected chi connectivity index (χ3v) is 4.79. The van der Waals surface area contributed by atoms with E-state index >= 15 is 0 Å². The first-order valence-corrected chi connectivity index (χ1v) is 7.43. The first kappa shape index (κ1) is 12.3. The molecular formula is C12H19ClN2S. The molecular weight excluding hydrogens is 240 g/mol. The number of rotatable bonds is 4. The van der Waals surface area contributed by atoms with E-state index in [-0.39, 0.29) is 0 Å². The Morgan fingerprint density at radius 2 is 2.50 bits per heavy atom. The van der Waals surface area contributed by atoms with E-state index < -0.39 is 0 Å². The van der Waals surface area contributed by atoms with Gasteiger partial charge in [0.15, 0.2) is 0 Å². The standard InChI is InChI=1S/C12H19ClN2S/c1-3-11-5-4-6-15(11)9(2)12-14-10(7-13)8-16-12/h8-9,11H,3-7H2,1-2H3. The van der Waals surface area contributed by atoms with Gasteiger partial charge in [0, 0.05) is 11.4 Å². The molecule has 0 bridgehead atoms. The maximum Gasteiger partial charge on any atom is 0.110 e. The molecule has 2 rings (SSSR count). The highest BCUT2D eigenvalue weighted by Crippen LogP contribution is 2.32. The van der Waals surface area contributed by atoms with Crippen LogP contribution in [0.3, 0.4) is 0 Å². The first-order chi connectivity index (χ1) is 7.76. The quantitative estimate of drug-likeness (QED) is 0.764. The molecule has 1 fully saturated rings. The van der Waals surface area contributed by atoms with Crippen LogP contribution in [0.2, 0.25) is 0 Å². The van der Waals surface area contributed by atoms with Crippen molar-refractivity contribution in [3.8, 4) is 0 Å². The van der Waals surface area contributed by atoms with Gasteiger partial charge in [0.05, 0.1) is 17.6 Å². The van der Waals surface area contributed by atoms with E-state index in [0.717, 1.165) is 11.7 Å². The minimum absolute atomic E-state index is 0.453. The normalized spacial score (nSPS) is 23.8. The van der Waals surface area contributed by atoms with Crippen LogP contribution in [-0.4, -0.2) is 22.5 Å². The van der Waals surface area contributed by atoms with Crippen molar-refractivity contribution in [1.82, 2.24) is 9.88 Å². The van der Waals surface area contributed by atoms with E-state index in [9.17, 15) is 0 Å². The second-order valence-electron chi connectivity index (χ2n) is 4.43. The molecule has 0 N–H and O–H groups in total. The van der Waals surface area contributed by atoms with Crippen molar-refractivity contribution in [3.63, 3.8) is 0 Å². The van der Waals surface area contributed by atoms with Gasteiger partial charge in [0.25, 0.3) is 0 Å². The van der Waals surface area contributed by atoms with Crippen LogP contribution in [0.1, 0.15) is 49.9 Å². The van der Waals surface area contributed by atoms with E-state index in [1.165, 1.54) is 30.8 Å². The predicted octanol–water partition coefficient (Wildman–Crippen LogP) is 3.82. The van der Waals surface area contributed by atoms with Crippen LogP contribution in [0.4, 0.5) is 0 Å². The Hall–Kier alpha value is -0.120. The maximum absolute atomic E-state index is 5.79. The van der Waals surface area contributed by atoms with Crippen molar-refractivity contribution in [1.29, 1.82) is 0 Å². The third-order valence-electron chi connectivity index (χ3n) is 3.46. The largest absolute Gasteiger partial charge is 0.291 e. The summed E-state index contributed by atoms with van der Waals surface area (Å²) in [6, 6.07) is 1.20. The minimum atomic E-state index is 0.453. The molecule has 2 heterocycles. The molecule has 0 radical (unpaired) electrons. The van der Waals surface area contributed by atoms with Gasteiger partial charge in [-0.3, -0.25) is 4.90 Å². The van der Waals surface area contributed by atoms with Crippen molar-refractivity contribution in [2.24, 2.45) is 0 Å². The Labute approximate surface area is 107 Å². The van der Waals surface area contributed by atoms with Gasteiger partial charge < -0.3 is 0 Å². The molecule has 1 saturated heterocycles. The van der Waals surface area contributed by atoms with Crippen LogP contribution in [0.15, 0.2) is 5.38 Å². The fourth-order valence-corrected chi connectivity index (χ4v) is 3.65. The zero-order valence-corrected chi connectivity index (χ0v) is 11.5. The molecule has 0 amide bonds. The van der Waals surface area contributed by atoms with Gasteiger partial charge in [-0.25, -0.2) is 4.98 Å². The Bertz CT molecular complexity index is 340. The molecule has 0 aliphatic carbocycles. The second-order valence-corrected chi connectivity index (χ2v) is 5.59. The van der Waals surface area contributed by atoms with Crippen LogP contribution < -0.4 is 0 Å². The molecule has 4 heteroatoms. The molecule has 2 nitrogen and oxygen atoms in total. The van der Waals surface area contributed by atoms with Crippen LogP contribution in [0.5, 0.6) is 0 Å². The highest BCUT2D eigenvalue weighted by Gasteiger charge is 2.29. The van der Waals surface area contributed by atoms with E-state index in [4.69, 9.17) is 11.6 Å². The van der Waals surface area contributed by atoms with E-state index in [0.29, 0.717) is 11.9 Å². The number of hydrogen-bond acceptors (Lipinski definition) is 3. The van der Waals surface area contributed by atoms with Crippen molar-refractivity contribution in [3.05, 3.63) is 16.1 Å². The second kappa shape index (κ2) is 5.48. The molecule has 1 aliphatic heterocycles. The number of alkyl halides is 1. The first-order valence-electron chi connectivity index (χ1n) is 6.02. The van der Waals surface area contributed by atoms with Gasteiger partial charge >= 0.3 is 0 Å². The predicted molar refractivity (Wildman–Crippen MR) is 70.1 cm³/mol. The summed E-state index contributed by atoms with van der Waals surface area (Å²) in [5.41, 5.74) is 1.01. The highest BCUT2D eigenvalue weighted by atomic mass is 35.5. The lowest BCUT2D eigenvalue weighted by atomic mass is 10.1. The number of thiazole rings is 1. The molecule has 1 aromatic rings. The van der Waals surface area contributed by atoms with Gasteiger partial charge in [-0.15, -0.1) is 22.9 Å². The Morgan fingerprint density at radius 3 is 3.12 bits per heavy atom. The number of halogens is 1. The van der Waals surface area contributed by atoms with Crippen molar-refractivity contribution in [2.45, 2.75) is 51.1 Å². The monoisotopic (exact) mass is 258 g/mol. The van der Waals surface area contributed by atoms with Gasteiger partial charge in [-0.1, -0.05) is 6.92 Å². The Morgan fingerprint density at radius 1 is 1.69 bits per heavy atom. The fraction of sp³-hybridized carbons (Fsp3) is 0.750. The number of aromatic nitrogens is 1. The molecule has 2 atom stereocenters. The SMILES string of the molecule is CCC1CCCN1C(C)c1nc(CCl)cs1. The summed E-state index contributed by atoms with van der Waals surface area (Å²) in [5, 5.41) is 3.30. The van der Waals surface area contributed by atoms with Crippen LogP contribution >= 0.6 is 22.9 Å². The summed E-state index contributed by atoms with van der Waals surface area (Å²) < 4.78 is 0. The molecule has 1 aliphatic rings. The average molecular weight is 259 g/mol. The number of likely N-dealkylation sites (tertiary alicyclic amines) is 1. The van der Waals surface area contributed by atoms with Crippen LogP contribution in [0, 0.1) is 0 Å². The molecule has 0 saturated carbocycles. The van der Waals surface area contributed by atoms with Crippen LogP contribution in [0.25, 0.3) is 0 Å². The van der Waals surface area contributed by atoms with Crippen molar-refractivity contribution >= 4 is 22.9 Å². The molecule has 0 aromatic carbocycles. The summed E-state index contributed by atoms with van der Waals surface area (Å²) >= 11 is 7.54. The summed E-state index contributed by atoms with van der Waals surface area (Å²) in [6.45, 7) is 5.77. The average Bonchev–Trinajstić information content (AvgIpc) is 2.96. The van der Waals surface area contributed by atoms with Gasteiger partial charge in [0.1, 0.15) is 5.01 Å². The smallest absolute Gasteiger partial charge is 0.110 e. The van der Waals surface area contributed by atoms with Crippen LogP contribution in [-0.2, 0) is 5.88 Å². The Kier molecular flexibility index (Phi) is 4.22. The Balaban J connectivity index is 2.08. The molecule has 1 aromatic heterocycles. The van der Waals surface area contributed by atoms with Gasteiger partial charge in [-0.2, -0.15) is 0 Å². The maximum atomic E-state index is 5.79. The lowest BCUT2D eigenvalue weighted by Gasteiger charge is -2.28. The molecule has 16 heavy (non-hydrogen) atoms. The zero-order chi connectivity index (χ0) is 11.5. The topological polar surface area (TPSA) is 16.1 Å². The minimum Gasteiger partial charge on any atom is -0.291 e. The lowest BCUT2D eigenvalue weighted by Crippen LogP contribution is -2.31.